The Kier molecular flexibility index (Phi) is 7.03. The van der Waals surface area contributed by atoms with Gasteiger partial charge in [0.15, 0.2) is 0 Å². The van der Waals surface area contributed by atoms with Crippen LogP contribution in [0.4, 0.5) is 0 Å². The number of hydrogen-bond acceptors (Lipinski definition) is 3. The molecular formula is C16H29N3. The van der Waals surface area contributed by atoms with Gasteiger partial charge in [-0.25, -0.2) is 0 Å². The Morgan fingerprint density at radius 1 is 1.32 bits per heavy atom. The van der Waals surface area contributed by atoms with E-state index in [0.717, 1.165) is 18.8 Å². The minimum atomic E-state index is 0.374. The van der Waals surface area contributed by atoms with Gasteiger partial charge >= 0.3 is 0 Å². The minimum absolute atomic E-state index is 0.374. The van der Waals surface area contributed by atoms with E-state index in [4.69, 9.17) is 5.73 Å². The molecule has 0 atom stereocenters. The van der Waals surface area contributed by atoms with Gasteiger partial charge in [0.25, 0.3) is 0 Å². The van der Waals surface area contributed by atoms with Crippen LogP contribution in [0, 0.1) is 5.41 Å². The number of rotatable bonds is 9. The van der Waals surface area contributed by atoms with Crippen molar-refractivity contribution in [2.24, 2.45) is 11.1 Å². The molecule has 0 aromatic carbocycles. The molecule has 0 amide bonds. The molecule has 0 spiro atoms. The van der Waals surface area contributed by atoms with Gasteiger partial charge < -0.3 is 11.1 Å². The SMILES string of the molecule is CCCCCC(C)(C)CNCc1ccnc(CN)c1. The molecule has 19 heavy (non-hydrogen) atoms. The van der Waals surface area contributed by atoms with Crippen LogP contribution in [0.5, 0.6) is 0 Å². The summed E-state index contributed by atoms with van der Waals surface area (Å²) in [4.78, 5) is 4.21. The number of nitrogens with one attached hydrogen (secondary N) is 1. The summed E-state index contributed by atoms with van der Waals surface area (Å²) >= 11 is 0. The average Bonchev–Trinajstić information content (AvgIpc) is 2.39. The highest BCUT2D eigenvalue weighted by atomic mass is 14.9. The summed E-state index contributed by atoms with van der Waals surface area (Å²) in [7, 11) is 0. The van der Waals surface area contributed by atoms with Crippen LogP contribution in [0.15, 0.2) is 18.3 Å². The Morgan fingerprint density at radius 2 is 2.11 bits per heavy atom. The maximum atomic E-state index is 5.60. The van der Waals surface area contributed by atoms with Gasteiger partial charge in [-0.15, -0.1) is 0 Å². The van der Waals surface area contributed by atoms with E-state index < -0.39 is 0 Å². The van der Waals surface area contributed by atoms with E-state index in [1.807, 2.05) is 6.20 Å². The molecule has 3 N–H and O–H groups in total. The number of nitrogens with zero attached hydrogens (tertiary/aromatic N) is 1. The molecule has 0 radical (unpaired) electrons. The predicted octanol–water partition coefficient (Wildman–Crippen LogP) is 3.24. The van der Waals surface area contributed by atoms with Crippen LogP contribution < -0.4 is 11.1 Å². The van der Waals surface area contributed by atoms with Crippen LogP contribution in [0.25, 0.3) is 0 Å². The molecule has 0 bridgehead atoms. The van der Waals surface area contributed by atoms with Gasteiger partial charge in [-0.05, 0) is 29.5 Å². The Balaban J connectivity index is 2.32. The van der Waals surface area contributed by atoms with Gasteiger partial charge in [0.1, 0.15) is 0 Å². The third-order valence-electron chi connectivity index (χ3n) is 3.48. The molecule has 1 rings (SSSR count). The monoisotopic (exact) mass is 263 g/mol. The molecule has 3 heteroatoms. The molecule has 108 valence electrons. The zero-order chi connectivity index (χ0) is 14.1. The lowest BCUT2D eigenvalue weighted by atomic mass is 9.87. The lowest BCUT2D eigenvalue weighted by Crippen LogP contribution is -2.29. The molecule has 3 nitrogen and oxygen atoms in total. The van der Waals surface area contributed by atoms with Crippen LogP contribution in [-0.4, -0.2) is 11.5 Å². The highest BCUT2D eigenvalue weighted by Gasteiger charge is 2.16. The van der Waals surface area contributed by atoms with Crippen molar-refractivity contribution in [1.82, 2.24) is 10.3 Å². The van der Waals surface area contributed by atoms with Crippen LogP contribution in [0.1, 0.15) is 57.7 Å². The van der Waals surface area contributed by atoms with Crippen molar-refractivity contribution in [2.45, 2.75) is 59.5 Å². The summed E-state index contributed by atoms with van der Waals surface area (Å²) in [5.41, 5.74) is 8.20. The third kappa shape index (κ3) is 6.69. The zero-order valence-corrected chi connectivity index (χ0v) is 12.7. The second kappa shape index (κ2) is 8.28. The van der Waals surface area contributed by atoms with Crippen LogP contribution in [0.3, 0.4) is 0 Å². The summed E-state index contributed by atoms with van der Waals surface area (Å²) in [6, 6.07) is 4.13. The maximum absolute atomic E-state index is 5.60. The minimum Gasteiger partial charge on any atom is -0.325 e. The normalized spacial score (nSPS) is 11.8. The van der Waals surface area contributed by atoms with Crippen molar-refractivity contribution in [3.8, 4) is 0 Å². The van der Waals surface area contributed by atoms with Gasteiger partial charge in [0, 0.05) is 25.8 Å². The summed E-state index contributed by atoms with van der Waals surface area (Å²) in [5, 5.41) is 3.55. The third-order valence-corrected chi connectivity index (χ3v) is 3.48. The molecule has 1 heterocycles. The first kappa shape index (κ1) is 16.1. The van der Waals surface area contributed by atoms with E-state index in [2.05, 4.69) is 43.2 Å². The van der Waals surface area contributed by atoms with Crippen LogP contribution >= 0.6 is 0 Å². The number of aromatic nitrogens is 1. The first-order valence-corrected chi connectivity index (χ1v) is 7.42. The van der Waals surface area contributed by atoms with Gasteiger partial charge in [-0.3, -0.25) is 4.98 Å². The molecule has 0 fully saturated rings. The molecule has 0 unspecified atom stereocenters. The van der Waals surface area contributed by atoms with E-state index in [1.165, 1.54) is 31.2 Å². The Hall–Kier alpha value is -0.930. The fourth-order valence-electron chi connectivity index (χ4n) is 2.24. The smallest absolute Gasteiger partial charge is 0.0542 e. The lowest BCUT2D eigenvalue weighted by Gasteiger charge is -2.25. The molecule has 0 aliphatic carbocycles. The lowest BCUT2D eigenvalue weighted by molar-refractivity contribution is 0.302. The summed E-state index contributed by atoms with van der Waals surface area (Å²) in [6.45, 7) is 9.39. The van der Waals surface area contributed by atoms with Crippen LogP contribution in [-0.2, 0) is 13.1 Å². The molecule has 0 saturated heterocycles. The standard InChI is InChI=1S/C16H29N3/c1-4-5-6-8-16(2,3)13-18-12-14-7-9-19-15(10-14)11-17/h7,9-10,18H,4-6,8,11-13,17H2,1-3H3. The maximum Gasteiger partial charge on any atom is 0.0542 e. The fraction of sp³-hybridized carbons (Fsp3) is 0.688. The summed E-state index contributed by atoms with van der Waals surface area (Å²) in [5.74, 6) is 0. The number of hydrogen-bond donors (Lipinski definition) is 2. The molecular weight excluding hydrogens is 234 g/mol. The van der Waals surface area contributed by atoms with E-state index in [1.54, 1.807) is 0 Å². The zero-order valence-electron chi connectivity index (χ0n) is 12.7. The second-order valence-corrected chi connectivity index (χ2v) is 6.08. The van der Waals surface area contributed by atoms with Crippen molar-refractivity contribution >= 4 is 0 Å². The highest BCUT2D eigenvalue weighted by Crippen LogP contribution is 2.22. The number of nitrogens with two attached hydrogens (primary N) is 1. The topological polar surface area (TPSA) is 50.9 Å². The predicted molar refractivity (Wildman–Crippen MR) is 81.8 cm³/mol. The molecule has 1 aromatic rings. The average molecular weight is 263 g/mol. The van der Waals surface area contributed by atoms with Crippen molar-refractivity contribution in [2.75, 3.05) is 6.54 Å². The molecule has 0 aliphatic heterocycles. The summed E-state index contributed by atoms with van der Waals surface area (Å²) < 4.78 is 0. The first-order chi connectivity index (χ1) is 9.07. The quantitative estimate of drug-likeness (QED) is 0.672. The van der Waals surface area contributed by atoms with Crippen molar-refractivity contribution in [1.29, 1.82) is 0 Å². The Morgan fingerprint density at radius 3 is 2.79 bits per heavy atom. The number of pyridine rings is 1. The van der Waals surface area contributed by atoms with E-state index in [-0.39, 0.29) is 0 Å². The van der Waals surface area contributed by atoms with E-state index in [9.17, 15) is 0 Å². The molecule has 0 aliphatic rings. The van der Waals surface area contributed by atoms with Gasteiger partial charge in [0.05, 0.1) is 5.69 Å². The summed E-state index contributed by atoms with van der Waals surface area (Å²) in [6.07, 6.45) is 7.09. The second-order valence-electron chi connectivity index (χ2n) is 6.08. The van der Waals surface area contributed by atoms with Gasteiger partial charge in [-0.1, -0.05) is 40.0 Å². The van der Waals surface area contributed by atoms with E-state index in [0.29, 0.717) is 12.0 Å². The molecule has 0 saturated carbocycles. The number of unbranched alkanes of at least 4 members (excludes halogenated alkanes) is 2. The first-order valence-electron chi connectivity index (χ1n) is 7.42. The highest BCUT2D eigenvalue weighted by molar-refractivity contribution is 5.16. The molecule has 1 aromatic heterocycles. The van der Waals surface area contributed by atoms with E-state index >= 15 is 0 Å². The van der Waals surface area contributed by atoms with Crippen molar-refractivity contribution in [3.05, 3.63) is 29.6 Å². The largest absolute Gasteiger partial charge is 0.325 e. The van der Waals surface area contributed by atoms with Crippen molar-refractivity contribution < 1.29 is 0 Å². The Bertz CT molecular complexity index is 361. The van der Waals surface area contributed by atoms with Gasteiger partial charge in [-0.2, -0.15) is 0 Å². The fourth-order valence-corrected chi connectivity index (χ4v) is 2.24. The van der Waals surface area contributed by atoms with Gasteiger partial charge in [0.2, 0.25) is 0 Å². The van der Waals surface area contributed by atoms with Crippen LogP contribution in [0.2, 0.25) is 0 Å². The van der Waals surface area contributed by atoms with Crippen molar-refractivity contribution in [3.63, 3.8) is 0 Å². The Labute approximate surface area is 118 Å².